The number of nitrogens with zero attached hydrogens (tertiary/aromatic N) is 1. The molecule has 0 spiro atoms. The van der Waals surface area contributed by atoms with Crippen LogP contribution in [0.3, 0.4) is 0 Å². The molecule has 1 heterocycles. The number of carboxylic acid groups (broad SMARTS) is 1. The minimum atomic E-state index is -1.16. The second-order valence-corrected chi connectivity index (χ2v) is 8.97. The lowest BCUT2D eigenvalue weighted by Gasteiger charge is -2.21. The molecule has 3 aromatic rings. The summed E-state index contributed by atoms with van der Waals surface area (Å²) in [5, 5.41) is 14.8. The van der Waals surface area contributed by atoms with Crippen LogP contribution in [0.25, 0.3) is 11.1 Å². The van der Waals surface area contributed by atoms with Gasteiger partial charge < -0.3 is 25.5 Å². The molecule has 0 bridgehead atoms. The van der Waals surface area contributed by atoms with Gasteiger partial charge in [-0.15, -0.1) is 0 Å². The van der Waals surface area contributed by atoms with Crippen molar-refractivity contribution >= 4 is 18.0 Å². The highest BCUT2D eigenvalue weighted by Gasteiger charge is 2.39. The zero-order valence-electron chi connectivity index (χ0n) is 18.9. The molecule has 2 amide bonds. The van der Waals surface area contributed by atoms with Crippen molar-refractivity contribution in [3.8, 4) is 11.1 Å². The van der Waals surface area contributed by atoms with E-state index in [0.29, 0.717) is 5.69 Å². The number of hydrogen-bond acceptors (Lipinski definition) is 5. The lowest BCUT2D eigenvalue weighted by molar-refractivity contribution is -0.142. The number of nitrogens with one attached hydrogen (secondary N) is 3. The molecule has 0 radical (unpaired) electrons. The number of rotatable bonds is 9. The summed E-state index contributed by atoms with van der Waals surface area (Å²) >= 11 is 0. The van der Waals surface area contributed by atoms with E-state index in [1.165, 1.54) is 12.5 Å². The summed E-state index contributed by atoms with van der Waals surface area (Å²) in [6.45, 7) is 0.135. The third kappa shape index (κ3) is 4.89. The first kappa shape index (κ1) is 22.6. The fourth-order valence-corrected chi connectivity index (χ4v) is 4.67. The highest BCUT2D eigenvalue weighted by atomic mass is 16.5. The van der Waals surface area contributed by atoms with Crippen LogP contribution < -0.4 is 10.6 Å². The number of imidazole rings is 1. The van der Waals surface area contributed by atoms with Gasteiger partial charge >= 0.3 is 12.1 Å². The van der Waals surface area contributed by atoms with E-state index in [4.69, 9.17) is 4.74 Å². The van der Waals surface area contributed by atoms with Crippen LogP contribution in [0.1, 0.15) is 35.6 Å². The number of carbonyl (C=O) groups is 3. The number of aromatic amines is 1. The summed E-state index contributed by atoms with van der Waals surface area (Å²) in [5.74, 6) is -1.83. The number of aromatic nitrogens is 2. The minimum Gasteiger partial charge on any atom is -0.480 e. The molecule has 2 aromatic carbocycles. The van der Waals surface area contributed by atoms with Crippen LogP contribution in [0.15, 0.2) is 61.1 Å². The van der Waals surface area contributed by atoms with E-state index < -0.39 is 30.1 Å². The highest BCUT2D eigenvalue weighted by Crippen LogP contribution is 2.44. The first-order valence-corrected chi connectivity index (χ1v) is 11.6. The molecule has 2 atom stereocenters. The van der Waals surface area contributed by atoms with Crippen LogP contribution >= 0.6 is 0 Å². The molecular weight excluding hydrogens is 448 g/mol. The van der Waals surface area contributed by atoms with E-state index in [1.807, 2.05) is 36.4 Å². The average molecular weight is 475 g/mol. The maximum Gasteiger partial charge on any atom is 0.407 e. The Kier molecular flexibility index (Phi) is 6.22. The summed E-state index contributed by atoms with van der Waals surface area (Å²) < 4.78 is 5.58. The topological polar surface area (TPSA) is 133 Å². The Morgan fingerprint density at radius 3 is 2.26 bits per heavy atom. The number of fused-ring (bicyclic) bond motifs is 3. The Labute approximate surface area is 201 Å². The van der Waals surface area contributed by atoms with Gasteiger partial charge in [0.1, 0.15) is 18.7 Å². The van der Waals surface area contributed by atoms with Gasteiger partial charge in [-0.05, 0) is 41.0 Å². The summed E-state index contributed by atoms with van der Waals surface area (Å²) in [6.07, 6.45) is 3.88. The van der Waals surface area contributed by atoms with Crippen molar-refractivity contribution in [1.29, 1.82) is 0 Å². The normalized spacial score (nSPS) is 16.0. The Morgan fingerprint density at radius 1 is 1.03 bits per heavy atom. The molecule has 1 aromatic heterocycles. The van der Waals surface area contributed by atoms with Crippen LogP contribution in [-0.2, 0) is 20.7 Å². The molecule has 4 N–H and O–H groups in total. The third-order valence-electron chi connectivity index (χ3n) is 6.59. The van der Waals surface area contributed by atoms with E-state index in [2.05, 4.69) is 32.7 Å². The number of ether oxygens (including phenoxy) is 1. The summed E-state index contributed by atoms with van der Waals surface area (Å²) in [4.78, 5) is 44.0. The van der Waals surface area contributed by atoms with E-state index in [0.717, 1.165) is 35.1 Å². The fourth-order valence-electron chi connectivity index (χ4n) is 4.67. The number of alkyl carbamates (subject to hydrolysis) is 1. The SMILES string of the molecule is O=C(NC(C(=O)N[C@@H](Cc1cnc[nH]1)C(=O)O)C1CC1)OCC1c2ccccc2-c2ccccc21. The number of H-pyrrole nitrogens is 1. The molecule has 0 saturated heterocycles. The van der Waals surface area contributed by atoms with Gasteiger partial charge in [0.2, 0.25) is 5.91 Å². The van der Waals surface area contributed by atoms with Crippen LogP contribution in [0.5, 0.6) is 0 Å². The highest BCUT2D eigenvalue weighted by molar-refractivity contribution is 5.90. The van der Waals surface area contributed by atoms with E-state index in [9.17, 15) is 19.5 Å². The van der Waals surface area contributed by atoms with Gasteiger partial charge in [0.05, 0.1) is 6.33 Å². The van der Waals surface area contributed by atoms with Gasteiger partial charge in [-0.1, -0.05) is 48.5 Å². The molecule has 35 heavy (non-hydrogen) atoms. The molecule has 9 nitrogen and oxygen atoms in total. The molecule has 1 saturated carbocycles. The van der Waals surface area contributed by atoms with E-state index in [-0.39, 0.29) is 24.9 Å². The fraction of sp³-hybridized carbons (Fsp3) is 0.308. The zero-order chi connectivity index (χ0) is 24.4. The standard InChI is InChI=1S/C26H26N4O5/c31-24(29-22(25(32)33)11-16-12-27-14-28-16)23(15-9-10-15)30-26(34)35-13-21-19-7-3-1-5-17(19)18-6-2-4-8-20(18)21/h1-8,12,14-15,21-23H,9-11,13H2,(H,27,28)(H,29,31)(H,30,34)(H,32,33)/t22-,23?/m0/s1. The molecule has 2 aliphatic rings. The predicted molar refractivity (Wildman–Crippen MR) is 127 cm³/mol. The summed E-state index contributed by atoms with van der Waals surface area (Å²) in [5.41, 5.74) is 5.04. The van der Waals surface area contributed by atoms with Crippen molar-refractivity contribution in [3.05, 3.63) is 77.9 Å². The number of hydrogen-bond donors (Lipinski definition) is 4. The Morgan fingerprint density at radius 2 is 1.69 bits per heavy atom. The minimum absolute atomic E-state index is 0.0444. The van der Waals surface area contributed by atoms with Crippen molar-refractivity contribution in [3.63, 3.8) is 0 Å². The van der Waals surface area contributed by atoms with Gasteiger partial charge in [0.15, 0.2) is 0 Å². The van der Waals surface area contributed by atoms with Crippen molar-refractivity contribution in [2.24, 2.45) is 5.92 Å². The Balaban J connectivity index is 1.22. The second-order valence-electron chi connectivity index (χ2n) is 8.97. The van der Waals surface area contributed by atoms with Crippen molar-refractivity contribution in [2.75, 3.05) is 6.61 Å². The van der Waals surface area contributed by atoms with Gasteiger partial charge in [-0.25, -0.2) is 14.6 Å². The summed E-state index contributed by atoms with van der Waals surface area (Å²) in [6, 6.07) is 14.1. The van der Waals surface area contributed by atoms with Crippen LogP contribution in [0.2, 0.25) is 0 Å². The van der Waals surface area contributed by atoms with Gasteiger partial charge in [-0.3, -0.25) is 4.79 Å². The molecule has 2 aliphatic carbocycles. The molecule has 9 heteroatoms. The molecule has 1 unspecified atom stereocenters. The number of benzene rings is 2. The van der Waals surface area contributed by atoms with Crippen LogP contribution in [0.4, 0.5) is 4.79 Å². The molecule has 5 rings (SSSR count). The predicted octanol–water partition coefficient (Wildman–Crippen LogP) is 2.84. The number of aliphatic carboxylic acids is 1. The van der Waals surface area contributed by atoms with E-state index >= 15 is 0 Å². The Bertz CT molecular complexity index is 1190. The smallest absolute Gasteiger partial charge is 0.407 e. The monoisotopic (exact) mass is 474 g/mol. The number of amides is 2. The van der Waals surface area contributed by atoms with Crippen LogP contribution in [-0.4, -0.2) is 51.7 Å². The zero-order valence-corrected chi connectivity index (χ0v) is 18.9. The van der Waals surface area contributed by atoms with Crippen molar-refractivity contribution < 1.29 is 24.2 Å². The quantitative estimate of drug-likeness (QED) is 0.377. The van der Waals surface area contributed by atoms with Gasteiger partial charge in [-0.2, -0.15) is 0 Å². The largest absolute Gasteiger partial charge is 0.480 e. The molecular formula is C26H26N4O5. The van der Waals surface area contributed by atoms with Crippen molar-refractivity contribution in [2.45, 2.75) is 37.3 Å². The average Bonchev–Trinajstić information content (AvgIpc) is 3.47. The van der Waals surface area contributed by atoms with Gasteiger partial charge in [0, 0.05) is 24.2 Å². The first-order chi connectivity index (χ1) is 17.0. The van der Waals surface area contributed by atoms with Gasteiger partial charge in [0.25, 0.3) is 0 Å². The molecule has 180 valence electrons. The third-order valence-corrected chi connectivity index (χ3v) is 6.59. The second kappa shape index (κ2) is 9.61. The maximum absolute atomic E-state index is 12.9. The first-order valence-electron chi connectivity index (χ1n) is 11.6. The number of carboxylic acids is 1. The lowest BCUT2D eigenvalue weighted by atomic mass is 9.98. The lowest BCUT2D eigenvalue weighted by Crippen LogP contribution is -2.53. The molecule has 0 aliphatic heterocycles. The summed E-state index contributed by atoms with van der Waals surface area (Å²) in [7, 11) is 0. The maximum atomic E-state index is 12.9. The number of carbonyl (C=O) groups excluding carboxylic acids is 2. The Hall–Kier alpha value is -4.14. The van der Waals surface area contributed by atoms with Crippen LogP contribution in [0, 0.1) is 5.92 Å². The molecule has 1 fully saturated rings. The van der Waals surface area contributed by atoms with E-state index in [1.54, 1.807) is 0 Å². The van der Waals surface area contributed by atoms with Crippen molar-refractivity contribution in [1.82, 2.24) is 20.6 Å².